The van der Waals surface area contributed by atoms with Crippen molar-refractivity contribution in [3.63, 3.8) is 0 Å². The van der Waals surface area contributed by atoms with Gasteiger partial charge in [0, 0.05) is 6.07 Å². The Morgan fingerprint density at radius 1 is 1.21 bits per heavy atom. The summed E-state index contributed by atoms with van der Waals surface area (Å²) in [6.07, 6.45) is 8.61. The lowest BCUT2D eigenvalue weighted by Crippen LogP contribution is -2.19. The molecule has 0 radical (unpaired) electrons. The minimum atomic E-state index is 0.723. The maximum absolute atomic E-state index is 5.68. The van der Waals surface area contributed by atoms with Gasteiger partial charge >= 0.3 is 0 Å². The van der Waals surface area contributed by atoms with Crippen molar-refractivity contribution in [2.45, 2.75) is 19.3 Å². The number of ether oxygens (including phenoxy) is 2. The zero-order valence-corrected chi connectivity index (χ0v) is 11.9. The summed E-state index contributed by atoms with van der Waals surface area (Å²) < 4.78 is 10.8. The number of unbranched alkanes of at least 4 members (excludes halogenated alkanes) is 2. The van der Waals surface area contributed by atoms with Crippen LogP contribution in [0.25, 0.3) is 0 Å². The lowest BCUT2D eigenvalue weighted by atomic mass is 10.2. The molecule has 0 aliphatic heterocycles. The molecule has 0 amide bonds. The Morgan fingerprint density at radius 2 is 2.00 bits per heavy atom. The SMILES string of the molecule is C#CCN(C)CCCCCOc1cccc(OC)c1. The molecule has 1 rings (SSSR count). The van der Waals surface area contributed by atoms with Gasteiger partial charge in [0.1, 0.15) is 11.5 Å². The molecule has 0 aliphatic rings. The Bertz CT molecular complexity index is 398. The minimum absolute atomic E-state index is 0.723. The number of nitrogens with zero attached hydrogens (tertiary/aromatic N) is 1. The van der Waals surface area contributed by atoms with Crippen LogP contribution in [0.1, 0.15) is 19.3 Å². The molecule has 3 nitrogen and oxygen atoms in total. The van der Waals surface area contributed by atoms with Crippen LogP contribution < -0.4 is 9.47 Å². The standard InChI is InChI=1S/C16H23NO2/c1-4-11-17(2)12-6-5-7-13-19-16-10-8-9-15(14-16)18-3/h1,8-10,14H,5-7,11-13H2,2-3H3. The number of methoxy groups -OCH3 is 1. The van der Waals surface area contributed by atoms with Crippen molar-refractivity contribution in [1.82, 2.24) is 4.90 Å². The van der Waals surface area contributed by atoms with Crippen molar-refractivity contribution in [3.8, 4) is 23.8 Å². The van der Waals surface area contributed by atoms with Crippen LogP contribution in [-0.4, -0.2) is 38.8 Å². The van der Waals surface area contributed by atoms with Gasteiger partial charge in [0.25, 0.3) is 0 Å². The lowest BCUT2D eigenvalue weighted by molar-refractivity contribution is 0.294. The fourth-order valence-corrected chi connectivity index (χ4v) is 1.78. The van der Waals surface area contributed by atoms with Crippen LogP contribution >= 0.6 is 0 Å². The van der Waals surface area contributed by atoms with E-state index in [0.29, 0.717) is 0 Å². The highest BCUT2D eigenvalue weighted by molar-refractivity contribution is 5.32. The van der Waals surface area contributed by atoms with Crippen molar-refractivity contribution >= 4 is 0 Å². The van der Waals surface area contributed by atoms with Gasteiger partial charge in [-0.15, -0.1) is 6.42 Å². The van der Waals surface area contributed by atoms with Crippen molar-refractivity contribution in [2.75, 3.05) is 33.9 Å². The van der Waals surface area contributed by atoms with Gasteiger partial charge in [0.05, 0.1) is 20.3 Å². The Morgan fingerprint density at radius 3 is 2.74 bits per heavy atom. The molecule has 104 valence electrons. The third kappa shape index (κ3) is 6.73. The number of hydrogen-bond acceptors (Lipinski definition) is 3. The second kappa shape index (κ2) is 9.29. The van der Waals surface area contributed by atoms with Gasteiger partial charge in [-0.3, -0.25) is 4.90 Å². The zero-order chi connectivity index (χ0) is 13.9. The molecule has 0 unspecified atom stereocenters. The first-order valence-electron chi connectivity index (χ1n) is 6.65. The third-order valence-electron chi connectivity index (χ3n) is 2.86. The monoisotopic (exact) mass is 261 g/mol. The predicted molar refractivity (Wildman–Crippen MR) is 78.7 cm³/mol. The molecule has 0 spiro atoms. The van der Waals surface area contributed by atoms with E-state index in [1.165, 1.54) is 0 Å². The Balaban J connectivity index is 2.09. The van der Waals surface area contributed by atoms with E-state index in [1.54, 1.807) is 7.11 Å². The number of benzene rings is 1. The number of hydrogen-bond donors (Lipinski definition) is 0. The Labute approximate surface area is 116 Å². The van der Waals surface area contributed by atoms with E-state index >= 15 is 0 Å². The average Bonchev–Trinajstić information content (AvgIpc) is 2.43. The quantitative estimate of drug-likeness (QED) is 0.504. The van der Waals surface area contributed by atoms with Gasteiger partial charge in [-0.2, -0.15) is 0 Å². The summed E-state index contributed by atoms with van der Waals surface area (Å²) in [6, 6.07) is 7.70. The molecule has 0 aliphatic carbocycles. The van der Waals surface area contributed by atoms with Crippen molar-refractivity contribution in [1.29, 1.82) is 0 Å². The molecular weight excluding hydrogens is 238 g/mol. The fourth-order valence-electron chi connectivity index (χ4n) is 1.78. The predicted octanol–water partition coefficient (Wildman–Crippen LogP) is 2.81. The summed E-state index contributed by atoms with van der Waals surface area (Å²) >= 11 is 0. The first kappa shape index (κ1) is 15.4. The van der Waals surface area contributed by atoms with E-state index in [2.05, 4.69) is 10.8 Å². The third-order valence-corrected chi connectivity index (χ3v) is 2.86. The van der Waals surface area contributed by atoms with Crippen molar-refractivity contribution in [3.05, 3.63) is 24.3 Å². The van der Waals surface area contributed by atoms with Crippen molar-refractivity contribution in [2.24, 2.45) is 0 Å². The largest absolute Gasteiger partial charge is 0.497 e. The second-order valence-corrected chi connectivity index (χ2v) is 4.53. The van der Waals surface area contributed by atoms with Gasteiger partial charge in [-0.05, 0) is 45.0 Å². The first-order chi connectivity index (χ1) is 9.26. The van der Waals surface area contributed by atoms with Crippen LogP contribution in [0.2, 0.25) is 0 Å². The molecular formula is C16H23NO2. The summed E-state index contributed by atoms with van der Waals surface area (Å²) in [5.41, 5.74) is 0. The summed E-state index contributed by atoms with van der Waals surface area (Å²) in [5, 5.41) is 0. The van der Waals surface area contributed by atoms with Crippen LogP contribution in [-0.2, 0) is 0 Å². The van der Waals surface area contributed by atoms with E-state index in [9.17, 15) is 0 Å². The van der Waals surface area contributed by atoms with Crippen LogP contribution in [0.3, 0.4) is 0 Å². The number of terminal acetylenes is 1. The highest BCUT2D eigenvalue weighted by Gasteiger charge is 1.98. The average molecular weight is 261 g/mol. The molecule has 3 heteroatoms. The molecule has 1 aromatic carbocycles. The van der Waals surface area contributed by atoms with E-state index in [4.69, 9.17) is 15.9 Å². The van der Waals surface area contributed by atoms with Crippen LogP contribution in [0.15, 0.2) is 24.3 Å². The number of rotatable bonds is 9. The fraction of sp³-hybridized carbons (Fsp3) is 0.500. The minimum Gasteiger partial charge on any atom is -0.497 e. The van der Waals surface area contributed by atoms with Gasteiger partial charge in [0.15, 0.2) is 0 Å². The van der Waals surface area contributed by atoms with E-state index in [1.807, 2.05) is 31.3 Å². The maximum atomic E-state index is 5.68. The maximum Gasteiger partial charge on any atom is 0.122 e. The second-order valence-electron chi connectivity index (χ2n) is 4.53. The van der Waals surface area contributed by atoms with Crippen LogP contribution in [0.5, 0.6) is 11.5 Å². The van der Waals surface area contributed by atoms with Gasteiger partial charge < -0.3 is 9.47 Å². The van der Waals surface area contributed by atoms with Gasteiger partial charge in [-0.25, -0.2) is 0 Å². The summed E-state index contributed by atoms with van der Waals surface area (Å²) in [4.78, 5) is 2.16. The lowest BCUT2D eigenvalue weighted by Gasteiger charge is -2.12. The van der Waals surface area contributed by atoms with E-state index in [-0.39, 0.29) is 0 Å². The molecule has 0 saturated carbocycles. The van der Waals surface area contributed by atoms with Crippen LogP contribution in [0.4, 0.5) is 0 Å². The highest BCUT2D eigenvalue weighted by Crippen LogP contribution is 2.19. The summed E-state index contributed by atoms with van der Waals surface area (Å²) in [6.45, 7) is 2.51. The molecule has 0 fully saturated rings. The Kier molecular flexibility index (Phi) is 7.53. The molecule has 0 heterocycles. The van der Waals surface area contributed by atoms with Gasteiger partial charge in [-0.1, -0.05) is 12.0 Å². The summed E-state index contributed by atoms with van der Waals surface area (Å²) in [7, 11) is 3.71. The zero-order valence-electron chi connectivity index (χ0n) is 11.9. The van der Waals surface area contributed by atoms with Crippen LogP contribution in [0, 0.1) is 12.3 Å². The Hall–Kier alpha value is -1.66. The molecule has 0 aromatic heterocycles. The molecule has 0 bridgehead atoms. The normalized spacial score (nSPS) is 10.2. The smallest absolute Gasteiger partial charge is 0.122 e. The van der Waals surface area contributed by atoms with Gasteiger partial charge in [0.2, 0.25) is 0 Å². The highest BCUT2D eigenvalue weighted by atomic mass is 16.5. The molecule has 0 atom stereocenters. The molecule has 19 heavy (non-hydrogen) atoms. The molecule has 1 aromatic rings. The van der Waals surface area contributed by atoms with Crippen molar-refractivity contribution < 1.29 is 9.47 Å². The molecule has 0 N–H and O–H groups in total. The van der Waals surface area contributed by atoms with E-state index < -0.39 is 0 Å². The topological polar surface area (TPSA) is 21.7 Å². The summed E-state index contributed by atoms with van der Waals surface area (Å²) in [5.74, 6) is 4.33. The van der Waals surface area contributed by atoms with E-state index in [0.717, 1.165) is 50.5 Å². The first-order valence-corrected chi connectivity index (χ1v) is 6.65. The molecule has 0 saturated heterocycles.